The maximum absolute atomic E-state index is 14.2. The third-order valence-electron chi connectivity index (χ3n) is 7.37. The summed E-state index contributed by atoms with van der Waals surface area (Å²) in [6, 6.07) is 0. The summed E-state index contributed by atoms with van der Waals surface area (Å²) in [6.07, 6.45) is 5.89. The van der Waals surface area contributed by atoms with Gasteiger partial charge in [-0.2, -0.15) is 8.78 Å². The highest BCUT2D eigenvalue weighted by atomic mass is 32.3. The van der Waals surface area contributed by atoms with Gasteiger partial charge in [0.15, 0.2) is 0 Å². The molecule has 10 nitrogen and oxygen atoms in total. The number of nitrogens with one attached hydrogen (secondary N) is 1. The number of hydrogen-bond acceptors (Lipinski definition) is 9. The van der Waals surface area contributed by atoms with Gasteiger partial charge < -0.3 is 14.2 Å². The fraction of sp³-hybridized carbons (Fsp3) is 0.833. The number of carbonyl (C=O) groups is 2. The minimum atomic E-state index is -5.85. The minimum absolute atomic E-state index is 0.0617. The molecule has 2 atom stereocenters. The van der Waals surface area contributed by atoms with Crippen molar-refractivity contribution in [3.05, 3.63) is 12.2 Å². The maximum Gasteiger partial charge on any atom is 0.455 e. The number of carbonyl (C=O) groups excluding carboxylic acids is 2. The second-order valence-electron chi connectivity index (χ2n) is 11.0. The monoisotopic (exact) mass is 585 g/mol. The molecule has 4 rings (SSSR count). The Bertz CT molecular complexity index is 1120. The van der Waals surface area contributed by atoms with E-state index >= 15 is 0 Å². The minimum Gasteiger partial charge on any atom is -0.460 e. The van der Waals surface area contributed by atoms with Crippen LogP contribution in [-0.4, -0.2) is 64.2 Å². The van der Waals surface area contributed by atoms with E-state index in [2.05, 4.69) is 11.3 Å². The first-order valence-electron chi connectivity index (χ1n) is 12.9. The Morgan fingerprint density at radius 2 is 1.58 bits per heavy atom. The van der Waals surface area contributed by atoms with Gasteiger partial charge in [-0.1, -0.05) is 19.9 Å². The van der Waals surface area contributed by atoms with Crippen molar-refractivity contribution in [1.29, 1.82) is 0 Å². The fourth-order valence-electron chi connectivity index (χ4n) is 6.11. The topological polar surface area (TPSA) is 142 Å². The zero-order valence-electron chi connectivity index (χ0n) is 21.8. The zero-order chi connectivity index (χ0) is 28.4. The van der Waals surface area contributed by atoms with E-state index in [4.69, 9.17) is 9.47 Å². The summed E-state index contributed by atoms with van der Waals surface area (Å²) in [4.78, 5) is 24.0. The Balaban J connectivity index is 1.46. The van der Waals surface area contributed by atoms with Gasteiger partial charge in [-0.25, -0.2) is 26.4 Å². The van der Waals surface area contributed by atoms with Gasteiger partial charge in [0.25, 0.3) is 0 Å². The summed E-state index contributed by atoms with van der Waals surface area (Å²) in [5.74, 6) is -2.65. The van der Waals surface area contributed by atoms with Crippen LogP contribution in [0, 0.1) is 11.8 Å². The molecule has 1 N–H and O–H groups in total. The van der Waals surface area contributed by atoms with Crippen molar-refractivity contribution >= 4 is 32.0 Å². The molecule has 4 aliphatic rings. The Labute approximate surface area is 222 Å². The predicted octanol–water partition coefficient (Wildman–Crippen LogP) is 3.18. The highest BCUT2D eigenvalue weighted by molar-refractivity contribution is 8.05. The third kappa shape index (κ3) is 7.11. The van der Waals surface area contributed by atoms with Crippen molar-refractivity contribution in [2.24, 2.45) is 11.8 Å². The predicted molar refractivity (Wildman–Crippen MR) is 133 cm³/mol. The molecule has 0 amide bonds. The lowest BCUT2D eigenvalue weighted by Crippen LogP contribution is -2.61. The van der Waals surface area contributed by atoms with Gasteiger partial charge in [-0.15, -0.1) is 4.13 Å². The van der Waals surface area contributed by atoms with Gasteiger partial charge in [0, 0.05) is 18.6 Å². The smallest absolute Gasteiger partial charge is 0.455 e. The quantitative estimate of drug-likeness (QED) is 0.174. The molecule has 0 aliphatic heterocycles. The van der Waals surface area contributed by atoms with Crippen LogP contribution in [0.2, 0.25) is 0 Å². The standard InChI is InChI=1S/C24H37F2NO9S2/c1-4-5-10-37(30,31)27-38(32,33)24(25,26)21(29)34-8-6-7-9-35-22-12-18-11-19(13-22)15-23(14-18,16-22)36-20(28)17(2)3/h18-19,27H,2,4-16H2,1,3H3. The summed E-state index contributed by atoms with van der Waals surface area (Å²) in [5, 5.41) is -5.07. The molecule has 0 radical (unpaired) electrons. The Kier molecular flexibility index (Phi) is 9.32. The normalized spacial score (nSPS) is 28.7. The van der Waals surface area contributed by atoms with E-state index in [1.54, 1.807) is 13.8 Å². The van der Waals surface area contributed by atoms with Crippen LogP contribution < -0.4 is 4.13 Å². The van der Waals surface area contributed by atoms with Crippen LogP contribution in [0.4, 0.5) is 8.78 Å². The van der Waals surface area contributed by atoms with Gasteiger partial charge in [-0.05, 0) is 70.1 Å². The second-order valence-corrected chi connectivity index (χ2v) is 14.8. The van der Waals surface area contributed by atoms with Crippen LogP contribution in [-0.2, 0) is 43.8 Å². The van der Waals surface area contributed by atoms with Gasteiger partial charge in [0.2, 0.25) is 10.0 Å². The van der Waals surface area contributed by atoms with Crippen molar-refractivity contribution in [1.82, 2.24) is 4.13 Å². The average Bonchev–Trinajstić information content (AvgIpc) is 2.77. The molecule has 38 heavy (non-hydrogen) atoms. The molecular weight excluding hydrogens is 548 g/mol. The van der Waals surface area contributed by atoms with Crippen LogP contribution in [0.25, 0.3) is 0 Å². The van der Waals surface area contributed by atoms with E-state index < -0.39 is 60.8 Å². The van der Waals surface area contributed by atoms with Gasteiger partial charge in [-0.3, -0.25) is 0 Å². The largest absolute Gasteiger partial charge is 0.460 e. The summed E-state index contributed by atoms with van der Waals surface area (Å²) in [7, 11) is -10.4. The number of alkyl halides is 2. The van der Waals surface area contributed by atoms with Crippen LogP contribution in [0.15, 0.2) is 12.2 Å². The lowest BCUT2D eigenvalue weighted by molar-refractivity contribution is -0.232. The number of esters is 2. The van der Waals surface area contributed by atoms with Gasteiger partial charge in [0.05, 0.1) is 18.0 Å². The molecule has 4 saturated carbocycles. The Morgan fingerprint density at radius 1 is 1.00 bits per heavy atom. The summed E-state index contributed by atoms with van der Waals surface area (Å²) >= 11 is 0. The molecule has 0 aromatic rings. The van der Waals surface area contributed by atoms with Crippen molar-refractivity contribution < 1.29 is 49.4 Å². The molecule has 0 heterocycles. The lowest BCUT2D eigenvalue weighted by atomic mass is 9.52. The van der Waals surface area contributed by atoms with Crippen LogP contribution in [0.5, 0.6) is 0 Å². The molecule has 4 bridgehead atoms. The fourth-order valence-corrected chi connectivity index (χ4v) is 9.15. The molecule has 0 saturated heterocycles. The van der Waals surface area contributed by atoms with Gasteiger partial charge >= 0.3 is 27.2 Å². The number of sulfonamides is 2. The number of rotatable bonds is 15. The van der Waals surface area contributed by atoms with Crippen molar-refractivity contribution in [2.45, 2.75) is 94.5 Å². The SMILES string of the molecule is C=C(C)C(=O)OC12CC3CC(CC(OCCCCOC(=O)C(F)(F)S(=O)(=O)NS(=O)(=O)CCCC)(C3)C1)C2. The number of halogens is 2. The number of unbranched alkanes of at least 4 members (excludes halogenated alkanes) is 2. The zero-order valence-corrected chi connectivity index (χ0v) is 23.4. The van der Waals surface area contributed by atoms with E-state index in [-0.39, 0.29) is 19.4 Å². The first-order chi connectivity index (χ1) is 17.5. The average molecular weight is 586 g/mol. The van der Waals surface area contributed by atoms with Crippen LogP contribution >= 0.6 is 0 Å². The molecule has 0 aromatic heterocycles. The Hall–Kier alpha value is -1.64. The van der Waals surface area contributed by atoms with E-state index in [0.717, 1.165) is 36.2 Å². The summed E-state index contributed by atoms with van der Waals surface area (Å²) in [6.45, 7) is 6.68. The van der Waals surface area contributed by atoms with Crippen LogP contribution in [0.1, 0.15) is 78.1 Å². The molecule has 0 spiro atoms. The van der Waals surface area contributed by atoms with E-state index in [0.29, 0.717) is 36.7 Å². The van der Waals surface area contributed by atoms with Crippen molar-refractivity contribution in [2.75, 3.05) is 19.0 Å². The molecule has 14 heteroatoms. The summed E-state index contributed by atoms with van der Waals surface area (Å²) in [5.41, 5.74) is -0.658. The second kappa shape index (κ2) is 11.5. The first-order valence-corrected chi connectivity index (χ1v) is 16.0. The number of hydrogen-bond donors (Lipinski definition) is 1. The maximum atomic E-state index is 14.2. The summed E-state index contributed by atoms with van der Waals surface area (Å²) < 4.78 is 93.0. The first kappa shape index (κ1) is 30.9. The molecular formula is C24H37F2NO9S2. The lowest BCUT2D eigenvalue weighted by Gasteiger charge is -2.60. The molecule has 4 aliphatic carbocycles. The van der Waals surface area contributed by atoms with Crippen molar-refractivity contribution in [3.63, 3.8) is 0 Å². The molecule has 0 aromatic carbocycles. The van der Waals surface area contributed by atoms with E-state index in [9.17, 15) is 35.2 Å². The van der Waals surface area contributed by atoms with E-state index in [1.165, 1.54) is 0 Å². The van der Waals surface area contributed by atoms with Crippen LogP contribution in [0.3, 0.4) is 0 Å². The Morgan fingerprint density at radius 3 is 2.16 bits per heavy atom. The molecule has 4 fully saturated rings. The third-order valence-corrected chi connectivity index (χ3v) is 10.9. The molecule has 2 unspecified atom stereocenters. The van der Waals surface area contributed by atoms with Gasteiger partial charge in [0.1, 0.15) is 5.60 Å². The van der Waals surface area contributed by atoms with Crippen molar-refractivity contribution in [3.8, 4) is 0 Å². The molecule has 218 valence electrons. The number of ether oxygens (including phenoxy) is 3. The highest BCUT2D eigenvalue weighted by Crippen LogP contribution is 2.60. The highest BCUT2D eigenvalue weighted by Gasteiger charge is 2.60. The van der Waals surface area contributed by atoms with E-state index in [1.807, 2.05) is 0 Å².